The molecular weight excluding hydrogens is 249 g/mol. The van der Waals surface area contributed by atoms with Gasteiger partial charge in [0.2, 0.25) is 0 Å². The lowest BCUT2D eigenvalue weighted by atomic mass is 10.1. The molecule has 0 bridgehead atoms. The Kier molecular flexibility index (Phi) is 4.21. The van der Waals surface area contributed by atoms with Gasteiger partial charge in [-0.05, 0) is 32.0 Å². The maximum absolute atomic E-state index is 12.4. The number of halogens is 3. The number of rotatable bonds is 4. The summed E-state index contributed by atoms with van der Waals surface area (Å²) in [5.41, 5.74) is 0.346. The van der Waals surface area contributed by atoms with Gasteiger partial charge in [0, 0.05) is 5.56 Å². The summed E-state index contributed by atoms with van der Waals surface area (Å²) in [7, 11) is 1.30. The number of Topliss-reactive ketones (excluding diaryl/α,β-unsaturated/α-hetero) is 1. The van der Waals surface area contributed by atoms with Gasteiger partial charge in [-0.1, -0.05) is 0 Å². The maximum Gasteiger partial charge on any atom is 0.425 e. The molecule has 0 radical (unpaired) electrons. The van der Waals surface area contributed by atoms with Crippen molar-refractivity contribution in [3.05, 3.63) is 23.8 Å². The van der Waals surface area contributed by atoms with Crippen LogP contribution in [-0.4, -0.2) is 25.2 Å². The van der Waals surface area contributed by atoms with E-state index in [2.05, 4.69) is 0 Å². The van der Waals surface area contributed by atoms with Crippen LogP contribution in [0.25, 0.3) is 0 Å². The van der Waals surface area contributed by atoms with Crippen LogP contribution in [0, 0.1) is 0 Å². The first kappa shape index (κ1) is 14.3. The van der Waals surface area contributed by atoms with Crippen LogP contribution in [-0.2, 0) is 0 Å². The first-order valence-corrected chi connectivity index (χ1v) is 5.18. The van der Waals surface area contributed by atoms with Crippen molar-refractivity contribution in [2.24, 2.45) is 0 Å². The molecule has 0 N–H and O–H groups in total. The molecule has 0 amide bonds. The molecule has 1 rings (SSSR count). The van der Waals surface area contributed by atoms with Crippen LogP contribution in [0.4, 0.5) is 13.2 Å². The van der Waals surface area contributed by atoms with Crippen LogP contribution in [0.2, 0.25) is 0 Å². The van der Waals surface area contributed by atoms with Gasteiger partial charge >= 0.3 is 6.18 Å². The van der Waals surface area contributed by atoms with E-state index in [1.165, 1.54) is 32.2 Å². The highest BCUT2D eigenvalue weighted by Gasteiger charge is 2.38. The van der Waals surface area contributed by atoms with E-state index in [4.69, 9.17) is 9.47 Å². The molecule has 0 saturated carbocycles. The van der Waals surface area contributed by atoms with Crippen LogP contribution >= 0.6 is 0 Å². The molecule has 18 heavy (non-hydrogen) atoms. The fourth-order valence-corrected chi connectivity index (χ4v) is 1.24. The molecular formula is C12H13F3O3. The smallest absolute Gasteiger partial charge is 0.425 e. The second-order valence-corrected chi connectivity index (χ2v) is 3.72. The molecule has 0 fully saturated rings. The normalized spacial score (nSPS) is 13.0. The van der Waals surface area contributed by atoms with Gasteiger partial charge in [0.1, 0.15) is 0 Å². The predicted octanol–water partition coefficient (Wildman–Crippen LogP) is 3.23. The minimum Gasteiger partial charge on any atom is -0.493 e. The molecule has 0 aromatic heterocycles. The van der Waals surface area contributed by atoms with Crippen molar-refractivity contribution >= 4 is 5.78 Å². The predicted molar refractivity (Wildman–Crippen MR) is 59.1 cm³/mol. The maximum atomic E-state index is 12.4. The Morgan fingerprint density at radius 3 is 2.33 bits per heavy atom. The van der Waals surface area contributed by atoms with E-state index >= 15 is 0 Å². The molecule has 1 atom stereocenters. The number of hydrogen-bond acceptors (Lipinski definition) is 3. The average Bonchev–Trinajstić information content (AvgIpc) is 2.27. The molecule has 1 aromatic rings. The van der Waals surface area contributed by atoms with Crippen molar-refractivity contribution in [1.29, 1.82) is 0 Å². The average molecular weight is 262 g/mol. The van der Waals surface area contributed by atoms with E-state index in [0.29, 0.717) is 5.56 Å². The summed E-state index contributed by atoms with van der Waals surface area (Å²) in [6, 6.07) is 4.03. The molecule has 0 aliphatic heterocycles. The van der Waals surface area contributed by atoms with Crippen molar-refractivity contribution < 1.29 is 27.4 Å². The second kappa shape index (κ2) is 5.29. The van der Waals surface area contributed by atoms with Crippen molar-refractivity contribution in [3.8, 4) is 11.5 Å². The van der Waals surface area contributed by atoms with Crippen LogP contribution in [0.1, 0.15) is 24.2 Å². The molecule has 3 nitrogen and oxygen atoms in total. The number of benzene rings is 1. The molecule has 0 spiro atoms. The first-order chi connectivity index (χ1) is 8.25. The zero-order valence-electron chi connectivity index (χ0n) is 10.2. The van der Waals surface area contributed by atoms with Gasteiger partial charge in [-0.2, -0.15) is 13.2 Å². The second-order valence-electron chi connectivity index (χ2n) is 3.72. The van der Waals surface area contributed by atoms with E-state index in [1.54, 1.807) is 0 Å². The summed E-state index contributed by atoms with van der Waals surface area (Å²) < 4.78 is 46.8. The lowest BCUT2D eigenvalue weighted by molar-refractivity contribution is -0.189. The van der Waals surface area contributed by atoms with Gasteiger partial charge in [-0.3, -0.25) is 4.79 Å². The molecule has 0 saturated heterocycles. The van der Waals surface area contributed by atoms with Crippen LogP contribution in [0.15, 0.2) is 18.2 Å². The minimum absolute atomic E-state index is 0.0488. The van der Waals surface area contributed by atoms with Crippen molar-refractivity contribution in [3.63, 3.8) is 0 Å². The molecule has 1 unspecified atom stereocenters. The monoisotopic (exact) mass is 262 g/mol. The topological polar surface area (TPSA) is 35.5 Å². The quantitative estimate of drug-likeness (QED) is 0.781. The lowest BCUT2D eigenvalue weighted by Crippen LogP contribution is -2.31. The summed E-state index contributed by atoms with van der Waals surface area (Å²) >= 11 is 0. The number of carbonyl (C=O) groups is 1. The number of ketones is 1. The number of carbonyl (C=O) groups excluding carboxylic acids is 1. The SMILES string of the molecule is COc1cc(C(C)=O)ccc1OC(C)C(F)(F)F. The van der Waals surface area contributed by atoms with E-state index in [1.807, 2.05) is 0 Å². The highest BCUT2D eigenvalue weighted by Crippen LogP contribution is 2.32. The highest BCUT2D eigenvalue weighted by atomic mass is 19.4. The Labute approximate surface area is 103 Å². The minimum atomic E-state index is -4.45. The summed E-state index contributed by atoms with van der Waals surface area (Å²) in [4.78, 5) is 11.1. The Hall–Kier alpha value is -1.72. The molecule has 0 aliphatic rings. The number of methoxy groups -OCH3 is 1. The highest BCUT2D eigenvalue weighted by molar-refractivity contribution is 5.94. The molecule has 6 heteroatoms. The third-order valence-corrected chi connectivity index (χ3v) is 2.33. The fourth-order valence-electron chi connectivity index (χ4n) is 1.24. The summed E-state index contributed by atoms with van der Waals surface area (Å²) in [6.45, 7) is 2.26. The number of alkyl halides is 3. The van der Waals surface area contributed by atoms with Gasteiger partial charge in [0.15, 0.2) is 23.4 Å². The third kappa shape index (κ3) is 3.38. The zero-order valence-corrected chi connectivity index (χ0v) is 10.2. The summed E-state index contributed by atoms with van der Waals surface area (Å²) in [6.07, 6.45) is -6.40. The van der Waals surface area contributed by atoms with Gasteiger partial charge < -0.3 is 9.47 Å². The van der Waals surface area contributed by atoms with Gasteiger partial charge in [0.25, 0.3) is 0 Å². The van der Waals surface area contributed by atoms with Crippen LogP contribution < -0.4 is 9.47 Å². The fraction of sp³-hybridized carbons (Fsp3) is 0.417. The molecule has 0 aliphatic carbocycles. The largest absolute Gasteiger partial charge is 0.493 e. The van der Waals surface area contributed by atoms with E-state index in [-0.39, 0.29) is 17.3 Å². The zero-order chi connectivity index (χ0) is 13.9. The van der Waals surface area contributed by atoms with E-state index in [0.717, 1.165) is 6.92 Å². The first-order valence-electron chi connectivity index (χ1n) is 5.18. The van der Waals surface area contributed by atoms with Crippen LogP contribution in [0.3, 0.4) is 0 Å². The third-order valence-electron chi connectivity index (χ3n) is 2.33. The van der Waals surface area contributed by atoms with Gasteiger partial charge in [0.05, 0.1) is 7.11 Å². The lowest BCUT2D eigenvalue weighted by Gasteiger charge is -2.19. The van der Waals surface area contributed by atoms with Crippen LogP contribution in [0.5, 0.6) is 11.5 Å². The van der Waals surface area contributed by atoms with Gasteiger partial charge in [-0.15, -0.1) is 0 Å². The Morgan fingerprint density at radius 1 is 1.28 bits per heavy atom. The number of hydrogen-bond donors (Lipinski definition) is 0. The molecule has 1 aromatic carbocycles. The van der Waals surface area contributed by atoms with Crippen molar-refractivity contribution in [2.75, 3.05) is 7.11 Å². The summed E-state index contributed by atoms with van der Waals surface area (Å²) in [5, 5.41) is 0. The van der Waals surface area contributed by atoms with Crippen molar-refractivity contribution in [2.45, 2.75) is 26.1 Å². The molecule has 0 heterocycles. The number of ether oxygens (including phenoxy) is 2. The summed E-state index contributed by atoms with van der Waals surface area (Å²) in [5.74, 6) is -0.158. The Bertz CT molecular complexity index is 441. The van der Waals surface area contributed by atoms with Crippen molar-refractivity contribution in [1.82, 2.24) is 0 Å². The molecule has 100 valence electrons. The Balaban J connectivity index is 3.00. The standard InChI is InChI=1S/C12H13F3O3/c1-7(16)9-4-5-10(11(6-9)17-3)18-8(2)12(13,14)15/h4-6,8H,1-3H3. The van der Waals surface area contributed by atoms with E-state index < -0.39 is 12.3 Å². The Morgan fingerprint density at radius 2 is 1.89 bits per heavy atom. The van der Waals surface area contributed by atoms with Gasteiger partial charge in [-0.25, -0.2) is 0 Å². The van der Waals surface area contributed by atoms with E-state index in [9.17, 15) is 18.0 Å².